The number of likely N-dealkylation sites (N-methyl/N-ethyl adjacent to an activating group) is 1. The van der Waals surface area contributed by atoms with Gasteiger partial charge in [-0.3, -0.25) is 4.90 Å². The lowest BCUT2D eigenvalue weighted by atomic mass is 9.84. The van der Waals surface area contributed by atoms with Crippen molar-refractivity contribution in [2.24, 2.45) is 0 Å². The third kappa shape index (κ3) is 3.52. The summed E-state index contributed by atoms with van der Waals surface area (Å²) in [5.41, 5.74) is 0.235. The third-order valence-electron chi connectivity index (χ3n) is 5.33. The molecule has 0 radical (unpaired) electrons. The van der Waals surface area contributed by atoms with Crippen LogP contribution in [0.5, 0.6) is 0 Å². The quantitative estimate of drug-likeness (QED) is 0.865. The molecular formula is C16H30N2OS. The van der Waals surface area contributed by atoms with Crippen LogP contribution in [0.15, 0.2) is 0 Å². The molecule has 1 spiro atoms. The van der Waals surface area contributed by atoms with E-state index in [1.807, 2.05) is 0 Å². The molecule has 1 N–H and O–H groups in total. The Kier molecular flexibility index (Phi) is 5.29. The van der Waals surface area contributed by atoms with E-state index in [-0.39, 0.29) is 5.60 Å². The van der Waals surface area contributed by atoms with E-state index in [1.54, 1.807) is 0 Å². The van der Waals surface area contributed by atoms with Crippen molar-refractivity contribution in [3.05, 3.63) is 0 Å². The van der Waals surface area contributed by atoms with Crippen LogP contribution in [0.3, 0.4) is 0 Å². The summed E-state index contributed by atoms with van der Waals surface area (Å²) in [4.78, 5) is 2.77. The molecule has 3 saturated heterocycles. The molecule has 3 heterocycles. The lowest BCUT2D eigenvalue weighted by molar-refractivity contribution is -0.113. The van der Waals surface area contributed by atoms with Gasteiger partial charge in [-0.2, -0.15) is 11.8 Å². The van der Waals surface area contributed by atoms with Crippen LogP contribution in [0.25, 0.3) is 0 Å². The maximum absolute atomic E-state index is 6.25. The van der Waals surface area contributed by atoms with Gasteiger partial charge < -0.3 is 10.1 Å². The van der Waals surface area contributed by atoms with Crippen molar-refractivity contribution in [1.29, 1.82) is 0 Å². The molecule has 0 saturated carbocycles. The van der Waals surface area contributed by atoms with Gasteiger partial charge in [0.25, 0.3) is 0 Å². The first kappa shape index (κ1) is 15.1. The Morgan fingerprint density at radius 1 is 1.30 bits per heavy atom. The normalized spacial score (nSPS) is 35.2. The van der Waals surface area contributed by atoms with Crippen LogP contribution < -0.4 is 5.32 Å². The van der Waals surface area contributed by atoms with Gasteiger partial charge in [0.1, 0.15) is 0 Å². The summed E-state index contributed by atoms with van der Waals surface area (Å²) in [5, 5.41) is 3.65. The summed E-state index contributed by atoms with van der Waals surface area (Å²) in [6, 6.07) is 1.49. The third-order valence-corrected chi connectivity index (χ3v) is 6.32. The highest BCUT2D eigenvalue weighted by Crippen LogP contribution is 2.39. The summed E-state index contributed by atoms with van der Waals surface area (Å²) < 4.78 is 6.25. The minimum absolute atomic E-state index is 0.235. The number of hydrogen-bond donors (Lipinski definition) is 1. The zero-order chi connectivity index (χ0) is 13.8. The van der Waals surface area contributed by atoms with Crippen molar-refractivity contribution >= 4 is 11.8 Å². The van der Waals surface area contributed by atoms with Gasteiger partial charge in [-0.1, -0.05) is 6.92 Å². The average Bonchev–Trinajstić information content (AvgIpc) is 2.49. The van der Waals surface area contributed by atoms with E-state index >= 15 is 0 Å². The Balaban J connectivity index is 1.58. The molecule has 2 atom stereocenters. The summed E-state index contributed by atoms with van der Waals surface area (Å²) in [6.07, 6.45) is 7.80. The van der Waals surface area contributed by atoms with E-state index in [1.165, 1.54) is 63.1 Å². The van der Waals surface area contributed by atoms with E-state index in [9.17, 15) is 0 Å². The molecule has 116 valence electrons. The average molecular weight is 298 g/mol. The molecule has 3 aliphatic rings. The Hall–Kier alpha value is 0.230. The van der Waals surface area contributed by atoms with Crippen LogP contribution >= 0.6 is 11.8 Å². The highest BCUT2D eigenvalue weighted by atomic mass is 32.2. The largest absolute Gasteiger partial charge is 0.375 e. The van der Waals surface area contributed by atoms with Gasteiger partial charge in [-0.05, 0) is 63.1 Å². The van der Waals surface area contributed by atoms with Crippen LogP contribution in [0, 0.1) is 0 Å². The van der Waals surface area contributed by atoms with E-state index in [2.05, 4.69) is 28.9 Å². The number of likely N-dealkylation sites (tertiary alicyclic amines) is 1. The molecule has 20 heavy (non-hydrogen) atoms. The second kappa shape index (κ2) is 6.99. The predicted octanol–water partition coefficient (Wildman–Crippen LogP) is 2.51. The first-order chi connectivity index (χ1) is 9.81. The zero-order valence-electron chi connectivity index (χ0n) is 12.9. The lowest BCUT2D eigenvalue weighted by Gasteiger charge is -2.48. The molecule has 0 aromatic rings. The maximum atomic E-state index is 6.25. The summed E-state index contributed by atoms with van der Waals surface area (Å²) in [7, 11) is 0. The molecule has 2 unspecified atom stereocenters. The van der Waals surface area contributed by atoms with Crippen molar-refractivity contribution in [2.75, 3.05) is 37.7 Å². The fourth-order valence-corrected chi connectivity index (χ4v) is 5.44. The van der Waals surface area contributed by atoms with Gasteiger partial charge in [0.15, 0.2) is 0 Å². The van der Waals surface area contributed by atoms with Crippen LogP contribution in [-0.4, -0.2) is 60.3 Å². The Morgan fingerprint density at radius 3 is 2.95 bits per heavy atom. The smallest absolute Gasteiger partial charge is 0.0713 e. The van der Waals surface area contributed by atoms with Gasteiger partial charge in [0.2, 0.25) is 0 Å². The van der Waals surface area contributed by atoms with Gasteiger partial charge in [0.05, 0.1) is 5.60 Å². The number of hydrogen-bond acceptors (Lipinski definition) is 4. The van der Waals surface area contributed by atoms with Crippen LogP contribution in [0.1, 0.15) is 45.4 Å². The van der Waals surface area contributed by atoms with E-state index in [0.717, 1.165) is 25.2 Å². The van der Waals surface area contributed by atoms with Crippen LogP contribution in [-0.2, 0) is 4.74 Å². The molecule has 3 aliphatic heterocycles. The monoisotopic (exact) mass is 298 g/mol. The summed E-state index contributed by atoms with van der Waals surface area (Å²) in [5.74, 6) is 2.60. The number of nitrogens with zero attached hydrogens (tertiary/aromatic N) is 1. The van der Waals surface area contributed by atoms with E-state index in [4.69, 9.17) is 4.74 Å². The molecule has 4 heteroatoms. The molecule has 3 fully saturated rings. The van der Waals surface area contributed by atoms with E-state index in [0.29, 0.717) is 0 Å². The molecule has 0 aromatic heterocycles. The molecule has 0 aliphatic carbocycles. The molecule has 0 bridgehead atoms. The minimum Gasteiger partial charge on any atom is -0.375 e. The highest BCUT2D eigenvalue weighted by Gasteiger charge is 2.41. The first-order valence-corrected chi connectivity index (χ1v) is 9.66. The number of nitrogens with one attached hydrogen (secondary N) is 1. The summed E-state index contributed by atoms with van der Waals surface area (Å²) >= 11 is 2.10. The van der Waals surface area contributed by atoms with E-state index < -0.39 is 0 Å². The lowest BCUT2D eigenvalue weighted by Crippen LogP contribution is -2.55. The van der Waals surface area contributed by atoms with Gasteiger partial charge >= 0.3 is 0 Å². The van der Waals surface area contributed by atoms with Crippen molar-refractivity contribution in [2.45, 2.75) is 63.1 Å². The van der Waals surface area contributed by atoms with Gasteiger partial charge in [0, 0.05) is 25.2 Å². The topological polar surface area (TPSA) is 24.5 Å². The number of rotatable bonds is 3. The Bertz CT molecular complexity index is 299. The van der Waals surface area contributed by atoms with Crippen molar-refractivity contribution in [3.63, 3.8) is 0 Å². The highest BCUT2D eigenvalue weighted by molar-refractivity contribution is 7.99. The standard InChI is InChI=1S/C16H30N2OS/c1-2-17-14-4-3-8-18(13-14)15-5-9-19-16(12-15)6-10-20-11-7-16/h14-15,17H,2-13H2,1H3. The molecule has 0 amide bonds. The second-order valence-electron chi connectivity index (χ2n) is 6.68. The summed E-state index contributed by atoms with van der Waals surface area (Å²) in [6.45, 7) is 6.87. The molecule has 3 nitrogen and oxygen atoms in total. The van der Waals surface area contributed by atoms with Crippen molar-refractivity contribution in [3.8, 4) is 0 Å². The molecular weight excluding hydrogens is 268 g/mol. The Morgan fingerprint density at radius 2 is 2.15 bits per heavy atom. The van der Waals surface area contributed by atoms with Crippen LogP contribution in [0.4, 0.5) is 0 Å². The van der Waals surface area contributed by atoms with Crippen molar-refractivity contribution in [1.82, 2.24) is 10.2 Å². The van der Waals surface area contributed by atoms with Crippen molar-refractivity contribution < 1.29 is 4.74 Å². The second-order valence-corrected chi connectivity index (χ2v) is 7.91. The zero-order valence-corrected chi connectivity index (χ0v) is 13.7. The Labute approximate surface area is 128 Å². The number of ether oxygens (including phenoxy) is 1. The van der Waals surface area contributed by atoms with Gasteiger partial charge in [-0.15, -0.1) is 0 Å². The fraction of sp³-hybridized carbons (Fsp3) is 1.00. The first-order valence-electron chi connectivity index (χ1n) is 8.50. The number of piperidine rings is 1. The molecule has 3 rings (SSSR count). The minimum atomic E-state index is 0.235. The SMILES string of the molecule is CCNC1CCCN(C2CCOC3(CCSCC3)C2)C1. The predicted molar refractivity (Wildman–Crippen MR) is 86.5 cm³/mol. The maximum Gasteiger partial charge on any atom is 0.0713 e. The fourth-order valence-electron chi connectivity index (χ4n) is 4.20. The van der Waals surface area contributed by atoms with Gasteiger partial charge in [-0.25, -0.2) is 0 Å². The number of thioether (sulfide) groups is 1. The van der Waals surface area contributed by atoms with Crippen LogP contribution in [0.2, 0.25) is 0 Å². The molecule has 0 aromatic carbocycles.